The van der Waals surface area contributed by atoms with Gasteiger partial charge in [-0.1, -0.05) is 18.2 Å². The second-order valence-corrected chi connectivity index (χ2v) is 5.76. The van der Waals surface area contributed by atoms with Gasteiger partial charge in [-0.3, -0.25) is 4.79 Å². The Morgan fingerprint density at radius 2 is 2.25 bits per heavy atom. The lowest BCUT2D eigenvalue weighted by Gasteiger charge is -2.01. The van der Waals surface area contributed by atoms with Crippen LogP contribution in [0.15, 0.2) is 35.7 Å². The first-order valence-corrected chi connectivity index (χ1v) is 7.33. The highest BCUT2D eigenvalue weighted by molar-refractivity contribution is 7.09. The summed E-state index contributed by atoms with van der Waals surface area (Å²) in [4.78, 5) is 19.4. The Kier molecular flexibility index (Phi) is 3.52. The molecule has 0 radical (unpaired) electrons. The van der Waals surface area contributed by atoms with Gasteiger partial charge in [-0.05, 0) is 24.4 Å². The van der Waals surface area contributed by atoms with E-state index in [0.717, 1.165) is 27.3 Å². The number of aryl methyl sites for hydroxylation is 1. The molecule has 20 heavy (non-hydrogen) atoms. The van der Waals surface area contributed by atoms with Crippen molar-refractivity contribution in [2.24, 2.45) is 0 Å². The second kappa shape index (κ2) is 5.46. The molecular weight excluding hydrogens is 270 g/mol. The number of hydrogen-bond acceptors (Lipinski definition) is 3. The number of nitrogens with zero attached hydrogens (tertiary/aromatic N) is 1. The number of benzene rings is 1. The third-order valence-electron chi connectivity index (χ3n) is 3.07. The number of para-hydroxylation sites is 1. The van der Waals surface area contributed by atoms with Crippen molar-refractivity contribution in [3.05, 3.63) is 52.1 Å². The number of carbonyl (C=O) groups is 1. The minimum atomic E-state index is -0.00560. The van der Waals surface area contributed by atoms with Gasteiger partial charge in [0.1, 0.15) is 0 Å². The van der Waals surface area contributed by atoms with Gasteiger partial charge in [-0.15, -0.1) is 11.3 Å². The minimum Gasteiger partial charge on any atom is -0.357 e. The summed E-state index contributed by atoms with van der Waals surface area (Å²) < 4.78 is 0. The zero-order valence-corrected chi connectivity index (χ0v) is 12.0. The van der Waals surface area contributed by atoms with Crippen LogP contribution in [0.5, 0.6) is 0 Å². The molecule has 0 fully saturated rings. The molecule has 0 saturated heterocycles. The molecule has 102 valence electrons. The number of nitrogens with one attached hydrogen (secondary N) is 2. The fourth-order valence-electron chi connectivity index (χ4n) is 2.14. The van der Waals surface area contributed by atoms with Crippen molar-refractivity contribution >= 4 is 28.1 Å². The first-order chi connectivity index (χ1) is 9.70. The SMILES string of the molecule is Cc1nc(CC(=O)NCc2cc3ccccc3[nH]2)cs1. The largest absolute Gasteiger partial charge is 0.357 e. The number of fused-ring (bicyclic) bond motifs is 1. The second-order valence-electron chi connectivity index (χ2n) is 4.69. The van der Waals surface area contributed by atoms with E-state index in [1.807, 2.05) is 30.5 Å². The van der Waals surface area contributed by atoms with Crippen LogP contribution in [0, 0.1) is 6.92 Å². The molecule has 0 atom stereocenters. The first kappa shape index (κ1) is 12.9. The Morgan fingerprint density at radius 3 is 3.00 bits per heavy atom. The lowest BCUT2D eigenvalue weighted by Crippen LogP contribution is -2.24. The van der Waals surface area contributed by atoms with Crippen LogP contribution in [0.25, 0.3) is 10.9 Å². The Labute approximate surface area is 120 Å². The molecule has 0 saturated carbocycles. The van der Waals surface area contributed by atoms with E-state index < -0.39 is 0 Å². The number of thiazole rings is 1. The first-order valence-electron chi connectivity index (χ1n) is 6.45. The Morgan fingerprint density at radius 1 is 1.40 bits per heavy atom. The summed E-state index contributed by atoms with van der Waals surface area (Å²) in [5.41, 5.74) is 2.93. The zero-order valence-electron chi connectivity index (χ0n) is 11.1. The summed E-state index contributed by atoms with van der Waals surface area (Å²) in [5, 5.41) is 6.99. The van der Waals surface area contributed by atoms with Gasteiger partial charge in [0.15, 0.2) is 0 Å². The van der Waals surface area contributed by atoms with Gasteiger partial charge in [-0.25, -0.2) is 4.98 Å². The third-order valence-corrected chi connectivity index (χ3v) is 3.89. The van der Waals surface area contributed by atoms with Crippen molar-refractivity contribution in [2.45, 2.75) is 19.9 Å². The summed E-state index contributed by atoms with van der Waals surface area (Å²) in [7, 11) is 0. The van der Waals surface area contributed by atoms with Crippen molar-refractivity contribution < 1.29 is 4.79 Å². The predicted molar refractivity (Wildman–Crippen MR) is 80.7 cm³/mol. The molecule has 4 nitrogen and oxygen atoms in total. The van der Waals surface area contributed by atoms with Crippen LogP contribution in [0.1, 0.15) is 16.4 Å². The molecule has 3 rings (SSSR count). The number of H-pyrrole nitrogens is 1. The highest BCUT2D eigenvalue weighted by Crippen LogP contribution is 2.14. The summed E-state index contributed by atoms with van der Waals surface area (Å²) in [6, 6.07) is 10.1. The Hall–Kier alpha value is -2.14. The standard InChI is InChI=1S/C15H15N3OS/c1-10-17-13(9-20-10)7-15(19)16-8-12-6-11-4-2-3-5-14(11)18-12/h2-6,9,18H,7-8H2,1H3,(H,16,19). The number of amides is 1. The van der Waals surface area contributed by atoms with Gasteiger partial charge in [0, 0.05) is 16.6 Å². The lowest BCUT2D eigenvalue weighted by molar-refractivity contribution is -0.120. The number of carbonyl (C=O) groups excluding carboxylic acids is 1. The van der Waals surface area contributed by atoms with Crippen molar-refractivity contribution in [1.29, 1.82) is 0 Å². The molecule has 0 aliphatic rings. The van der Waals surface area contributed by atoms with Gasteiger partial charge in [0.25, 0.3) is 0 Å². The van der Waals surface area contributed by atoms with Gasteiger partial charge >= 0.3 is 0 Å². The van der Waals surface area contributed by atoms with Crippen molar-refractivity contribution in [3.8, 4) is 0 Å². The van der Waals surface area contributed by atoms with E-state index in [9.17, 15) is 4.79 Å². The Balaban J connectivity index is 1.59. The van der Waals surface area contributed by atoms with Gasteiger partial charge in [-0.2, -0.15) is 0 Å². The quantitative estimate of drug-likeness (QED) is 0.774. The molecule has 1 aromatic carbocycles. The minimum absolute atomic E-state index is 0.00560. The average Bonchev–Trinajstić information content (AvgIpc) is 3.02. The number of aromatic nitrogens is 2. The molecule has 0 aliphatic heterocycles. The van der Waals surface area contributed by atoms with Crippen molar-refractivity contribution in [1.82, 2.24) is 15.3 Å². The summed E-state index contributed by atoms with van der Waals surface area (Å²) in [5.74, 6) is -0.00560. The van der Waals surface area contributed by atoms with E-state index in [1.54, 1.807) is 11.3 Å². The lowest BCUT2D eigenvalue weighted by atomic mass is 10.2. The predicted octanol–water partition coefficient (Wildman–Crippen LogP) is 2.79. The maximum Gasteiger partial charge on any atom is 0.226 e. The third kappa shape index (κ3) is 2.88. The average molecular weight is 285 g/mol. The zero-order chi connectivity index (χ0) is 13.9. The van der Waals surface area contributed by atoms with E-state index >= 15 is 0 Å². The number of aromatic amines is 1. The van der Waals surface area contributed by atoms with E-state index in [1.165, 1.54) is 0 Å². The monoisotopic (exact) mass is 285 g/mol. The molecule has 3 aromatic rings. The topological polar surface area (TPSA) is 57.8 Å². The fourth-order valence-corrected chi connectivity index (χ4v) is 2.75. The number of hydrogen-bond donors (Lipinski definition) is 2. The summed E-state index contributed by atoms with van der Waals surface area (Å²) in [6.45, 7) is 2.45. The van der Waals surface area contributed by atoms with Crippen LogP contribution >= 0.6 is 11.3 Å². The maximum atomic E-state index is 11.8. The van der Waals surface area contributed by atoms with Crippen LogP contribution in [0.3, 0.4) is 0 Å². The van der Waals surface area contributed by atoms with Gasteiger partial charge in [0.2, 0.25) is 5.91 Å². The van der Waals surface area contributed by atoms with E-state index in [0.29, 0.717) is 13.0 Å². The highest BCUT2D eigenvalue weighted by atomic mass is 32.1. The van der Waals surface area contributed by atoms with Crippen LogP contribution in [-0.4, -0.2) is 15.9 Å². The molecule has 2 N–H and O–H groups in total. The van der Waals surface area contributed by atoms with Gasteiger partial charge in [0.05, 0.1) is 23.7 Å². The van der Waals surface area contributed by atoms with Gasteiger partial charge < -0.3 is 10.3 Å². The molecule has 0 unspecified atom stereocenters. The molecule has 0 bridgehead atoms. The molecule has 2 aromatic heterocycles. The highest BCUT2D eigenvalue weighted by Gasteiger charge is 2.07. The fraction of sp³-hybridized carbons (Fsp3) is 0.200. The van der Waals surface area contributed by atoms with Crippen molar-refractivity contribution in [2.75, 3.05) is 0 Å². The van der Waals surface area contributed by atoms with E-state index in [-0.39, 0.29) is 5.91 Å². The van der Waals surface area contributed by atoms with Crippen LogP contribution in [0.4, 0.5) is 0 Å². The summed E-state index contributed by atoms with van der Waals surface area (Å²) in [6.07, 6.45) is 0.338. The molecule has 0 aliphatic carbocycles. The van der Waals surface area contributed by atoms with E-state index in [2.05, 4.69) is 27.4 Å². The van der Waals surface area contributed by atoms with Crippen LogP contribution in [-0.2, 0) is 17.8 Å². The molecule has 0 spiro atoms. The number of rotatable bonds is 4. The Bertz CT molecular complexity index is 711. The summed E-state index contributed by atoms with van der Waals surface area (Å²) >= 11 is 1.57. The van der Waals surface area contributed by atoms with Crippen molar-refractivity contribution in [3.63, 3.8) is 0 Å². The maximum absolute atomic E-state index is 11.8. The van der Waals surface area contributed by atoms with E-state index in [4.69, 9.17) is 0 Å². The molecule has 2 heterocycles. The van der Waals surface area contributed by atoms with Crippen LogP contribution in [0.2, 0.25) is 0 Å². The molecule has 5 heteroatoms. The van der Waals surface area contributed by atoms with Crippen LogP contribution < -0.4 is 5.32 Å². The molecular formula is C15H15N3OS. The normalized spacial score (nSPS) is 10.8. The smallest absolute Gasteiger partial charge is 0.226 e. The molecule has 1 amide bonds.